The Morgan fingerprint density at radius 2 is 2.00 bits per heavy atom. The highest BCUT2D eigenvalue weighted by atomic mass is 16.4. The first kappa shape index (κ1) is 18.3. The second-order valence-electron chi connectivity index (χ2n) is 7.84. The van der Waals surface area contributed by atoms with E-state index < -0.39 is 12.0 Å². The number of ketones is 1. The van der Waals surface area contributed by atoms with E-state index in [0.29, 0.717) is 30.6 Å². The first-order valence-corrected chi connectivity index (χ1v) is 8.91. The van der Waals surface area contributed by atoms with Gasteiger partial charge in [-0.05, 0) is 30.2 Å². The fraction of sp³-hybridized carbons (Fsp3) is 0.450. The lowest BCUT2D eigenvalue weighted by atomic mass is 9.75. The minimum atomic E-state index is -1.03. The number of aryl methyl sites for hydroxylation is 1. The number of hydrogen-bond donors (Lipinski definition) is 2. The molecular weight excluding hydrogens is 330 g/mol. The third kappa shape index (κ3) is 3.85. The summed E-state index contributed by atoms with van der Waals surface area (Å²) in [6.07, 6.45) is 1.92. The summed E-state index contributed by atoms with van der Waals surface area (Å²) in [5.74, 6) is -0.940. The molecule has 1 aromatic heterocycles. The second kappa shape index (κ2) is 7.03. The van der Waals surface area contributed by atoms with Crippen LogP contribution in [0.15, 0.2) is 30.3 Å². The molecule has 0 amide bonds. The maximum Gasteiger partial charge on any atom is 0.320 e. The van der Waals surface area contributed by atoms with E-state index in [9.17, 15) is 9.59 Å². The van der Waals surface area contributed by atoms with Gasteiger partial charge in [-0.3, -0.25) is 14.3 Å². The van der Waals surface area contributed by atoms with Gasteiger partial charge in [0.25, 0.3) is 0 Å². The highest BCUT2D eigenvalue weighted by molar-refractivity contribution is 5.99. The largest absolute Gasteiger partial charge is 0.480 e. The Hall–Kier alpha value is -2.47. The molecular formula is C20H25N3O3. The Labute approximate surface area is 153 Å². The fourth-order valence-electron chi connectivity index (χ4n) is 3.57. The molecule has 1 atom stereocenters. The molecule has 0 fully saturated rings. The topological polar surface area (TPSA) is 98.2 Å². The molecule has 0 unspecified atom stereocenters. The lowest BCUT2D eigenvalue weighted by molar-refractivity contribution is -0.138. The van der Waals surface area contributed by atoms with Crippen LogP contribution in [-0.2, 0) is 24.2 Å². The van der Waals surface area contributed by atoms with E-state index >= 15 is 0 Å². The average molecular weight is 355 g/mol. The first-order valence-electron chi connectivity index (χ1n) is 8.91. The normalized spacial score (nSPS) is 17.0. The molecule has 0 spiro atoms. The highest BCUT2D eigenvalue weighted by Gasteiger charge is 2.36. The summed E-state index contributed by atoms with van der Waals surface area (Å²) in [5, 5.41) is 13.7. The number of Topliss-reactive ketones (excluding diaryl/α,β-unsaturated/α-hetero) is 1. The number of carboxylic acids is 1. The van der Waals surface area contributed by atoms with Gasteiger partial charge in [-0.15, -0.1) is 0 Å². The van der Waals surface area contributed by atoms with Crippen molar-refractivity contribution in [3.8, 4) is 0 Å². The molecule has 3 rings (SSSR count). The quantitative estimate of drug-likeness (QED) is 0.829. The van der Waals surface area contributed by atoms with Crippen molar-refractivity contribution in [1.82, 2.24) is 9.78 Å². The summed E-state index contributed by atoms with van der Waals surface area (Å²) in [5.41, 5.74) is 8.94. The Morgan fingerprint density at radius 3 is 2.65 bits per heavy atom. The van der Waals surface area contributed by atoms with E-state index in [2.05, 4.69) is 18.9 Å². The van der Waals surface area contributed by atoms with Crippen LogP contribution >= 0.6 is 0 Å². The number of hydrogen-bond acceptors (Lipinski definition) is 4. The summed E-state index contributed by atoms with van der Waals surface area (Å²) in [6, 6.07) is 9.04. The Bertz CT molecular complexity index is 824. The molecule has 1 aliphatic carbocycles. The van der Waals surface area contributed by atoms with E-state index in [-0.39, 0.29) is 17.6 Å². The Balaban J connectivity index is 1.95. The number of rotatable bonds is 6. The van der Waals surface area contributed by atoms with Gasteiger partial charge in [0.05, 0.1) is 23.5 Å². The van der Waals surface area contributed by atoms with E-state index in [1.54, 1.807) is 0 Å². The molecule has 1 heterocycles. The number of carbonyl (C=O) groups excluding carboxylic acids is 1. The lowest BCUT2D eigenvalue weighted by Gasteiger charge is -2.29. The van der Waals surface area contributed by atoms with Crippen LogP contribution in [0.4, 0.5) is 0 Å². The van der Waals surface area contributed by atoms with Gasteiger partial charge < -0.3 is 10.8 Å². The number of benzene rings is 1. The molecule has 0 saturated heterocycles. The van der Waals surface area contributed by atoms with Crippen LogP contribution < -0.4 is 5.73 Å². The van der Waals surface area contributed by atoms with Crippen molar-refractivity contribution in [2.75, 3.05) is 0 Å². The van der Waals surface area contributed by atoms with Crippen molar-refractivity contribution in [2.24, 2.45) is 11.1 Å². The van der Waals surface area contributed by atoms with Crippen molar-refractivity contribution in [3.05, 3.63) is 52.8 Å². The number of carboxylic acid groups (broad SMARTS) is 1. The molecule has 0 bridgehead atoms. The number of nitrogens with two attached hydrogens (primary N) is 1. The maximum absolute atomic E-state index is 12.8. The number of nitrogens with zero attached hydrogens (tertiary/aromatic N) is 2. The zero-order valence-corrected chi connectivity index (χ0v) is 15.2. The summed E-state index contributed by atoms with van der Waals surface area (Å²) < 4.78 is 1.91. The van der Waals surface area contributed by atoms with Crippen LogP contribution in [0.3, 0.4) is 0 Å². The van der Waals surface area contributed by atoms with Crippen molar-refractivity contribution in [1.29, 1.82) is 0 Å². The summed E-state index contributed by atoms with van der Waals surface area (Å²) in [6.45, 7) is 4.78. The summed E-state index contributed by atoms with van der Waals surface area (Å²) >= 11 is 0. The molecule has 3 N–H and O–H groups in total. The van der Waals surface area contributed by atoms with Gasteiger partial charge in [0.2, 0.25) is 0 Å². The molecule has 2 aromatic rings. The first-order chi connectivity index (χ1) is 12.3. The van der Waals surface area contributed by atoms with Gasteiger partial charge in [0.15, 0.2) is 5.78 Å². The van der Waals surface area contributed by atoms with Crippen molar-refractivity contribution < 1.29 is 14.7 Å². The van der Waals surface area contributed by atoms with Crippen molar-refractivity contribution in [3.63, 3.8) is 0 Å². The minimum absolute atomic E-state index is 0.0921. The molecule has 1 aliphatic rings. The molecule has 6 heteroatoms. The number of carbonyl (C=O) groups is 2. The zero-order valence-electron chi connectivity index (χ0n) is 15.2. The van der Waals surface area contributed by atoms with E-state index in [1.807, 2.05) is 35.0 Å². The molecule has 0 saturated carbocycles. The Kier molecular flexibility index (Phi) is 4.96. The van der Waals surface area contributed by atoms with Crippen molar-refractivity contribution in [2.45, 2.75) is 52.1 Å². The van der Waals surface area contributed by atoms with E-state index in [1.165, 1.54) is 0 Å². The lowest BCUT2D eigenvalue weighted by Crippen LogP contribution is -2.31. The highest BCUT2D eigenvalue weighted by Crippen LogP contribution is 2.36. The summed E-state index contributed by atoms with van der Waals surface area (Å²) in [7, 11) is 0. The number of fused-ring (bicyclic) bond motifs is 1. The number of aliphatic carboxylic acids is 1. The number of aromatic nitrogens is 2. The smallest absolute Gasteiger partial charge is 0.320 e. The van der Waals surface area contributed by atoms with Gasteiger partial charge in [-0.1, -0.05) is 44.2 Å². The second-order valence-corrected chi connectivity index (χ2v) is 7.84. The third-order valence-corrected chi connectivity index (χ3v) is 4.88. The van der Waals surface area contributed by atoms with Crippen LogP contribution in [0.2, 0.25) is 0 Å². The Morgan fingerprint density at radius 1 is 1.31 bits per heavy atom. The molecule has 6 nitrogen and oxygen atoms in total. The molecule has 1 aromatic carbocycles. The van der Waals surface area contributed by atoms with Gasteiger partial charge in [0.1, 0.15) is 6.04 Å². The van der Waals surface area contributed by atoms with Gasteiger partial charge >= 0.3 is 5.97 Å². The van der Waals surface area contributed by atoms with Crippen LogP contribution in [0.5, 0.6) is 0 Å². The predicted octanol–water partition coefficient (Wildman–Crippen LogP) is 2.43. The molecule has 0 radical (unpaired) electrons. The molecule has 26 heavy (non-hydrogen) atoms. The van der Waals surface area contributed by atoms with Crippen molar-refractivity contribution >= 4 is 11.8 Å². The maximum atomic E-state index is 12.8. The molecule has 138 valence electrons. The van der Waals surface area contributed by atoms with Crippen LogP contribution in [0.25, 0.3) is 0 Å². The predicted molar refractivity (Wildman–Crippen MR) is 98.1 cm³/mol. The standard InChI is InChI=1S/C20H25N3O3/c1-20(2)10-16-18(17(24)11-20)15(9-8-14(21)19(25)26)22-23(16)12-13-6-4-3-5-7-13/h3-7,14H,8-12,21H2,1-2H3,(H,25,26)/t14-/m0/s1. The zero-order chi connectivity index (χ0) is 18.9. The SMILES string of the molecule is CC1(C)CC(=O)c2c(CC[C@H](N)C(=O)O)nn(Cc3ccccc3)c2C1. The van der Waals surface area contributed by atoms with E-state index in [0.717, 1.165) is 17.7 Å². The van der Waals surface area contributed by atoms with Gasteiger partial charge in [0, 0.05) is 6.42 Å². The van der Waals surface area contributed by atoms with Crippen LogP contribution in [0, 0.1) is 5.41 Å². The average Bonchev–Trinajstić information content (AvgIpc) is 2.90. The van der Waals surface area contributed by atoms with Crippen LogP contribution in [-0.4, -0.2) is 32.7 Å². The third-order valence-electron chi connectivity index (χ3n) is 4.88. The molecule has 0 aliphatic heterocycles. The monoisotopic (exact) mass is 355 g/mol. The van der Waals surface area contributed by atoms with Crippen LogP contribution in [0.1, 0.15) is 54.0 Å². The van der Waals surface area contributed by atoms with Gasteiger partial charge in [-0.2, -0.15) is 5.10 Å². The minimum Gasteiger partial charge on any atom is -0.480 e. The fourth-order valence-corrected chi connectivity index (χ4v) is 3.57. The van der Waals surface area contributed by atoms with Gasteiger partial charge in [-0.25, -0.2) is 0 Å². The van der Waals surface area contributed by atoms with E-state index in [4.69, 9.17) is 10.8 Å². The summed E-state index contributed by atoms with van der Waals surface area (Å²) in [4.78, 5) is 23.8.